The van der Waals surface area contributed by atoms with E-state index in [4.69, 9.17) is 11.6 Å². The number of fused-ring (bicyclic) bond motifs is 1. The van der Waals surface area contributed by atoms with Crippen LogP contribution in [0.5, 0.6) is 0 Å². The number of anilines is 1. The minimum atomic E-state index is -0.306. The highest BCUT2D eigenvalue weighted by molar-refractivity contribution is 7.18. The number of rotatable bonds is 4. The fourth-order valence-corrected chi connectivity index (χ4v) is 4.44. The summed E-state index contributed by atoms with van der Waals surface area (Å²) in [5.74, 6) is 0.294. The quantitative estimate of drug-likeness (QED) is 0.677. The van der Waals surface area contributed by atoms with Gasteiger partial charge in [-0.15, -0.1) is 11.3 Å². The second-order valence-electron chi connectivity index (χ2n) is 6.57. The van der Waals surface area contributed by atoms with Crippen LogP contribution >= 0.6 is 22.9 Å². The Bertz CT molecular complexity index is 1040. The van der Waals surface area contributed by atoms with Crippen molar-refractivity contribution in [3.63, 3.8) is 0 Å². The molecule has 0 bridgehead atoms. The number of aromatic nitrogens is 3. The lowest BCUT2D eigenvalue weighted by atomic mass is 10.1. The van der Waals surface area contributed by atoms with E-state index in [1.54, 1.807) is 30.3 Å². The van der Waals surface area contributed by atoms with Gasteiger partial charge in [-0.3, -0.25) is 9.59 Å². The van der Waals surface area contributed by atoms with Gasteiger partial charge < -0.3 is 10.6 Å². The van der Waals surface area contributed by atoms with E-state index in [9.17, 15) is 9.59 Å². The molecule has 1 atom stereocenters. The van der Waals surface area contributed by atoms with Crippen LogP contribution in [-0.2, 0) is 6.54 Å². The standard InChI is InChI=1S/C19H18ClN5O2S/c1-11-9-15(24-18(26)12-5-2-3-6-13(12)20)28-16(11)19(27)23-14-7-4-8-25-17(14)21-10-22-25/h2-3,5-6,9-10,14H,4,7-8H2,1H3,(H,23,27)(H,24,26)/t14-/m0/s1. The van der Waals surface area contributed by atoms with Crippen LogP contribution in [0.1, 0.15) is 50.3 Å². The van der Waals surface area contributed by atoms with Crippen molar-refractivity contribution < 1.29 is 9.59 Å². The number of hydrogen-bond acceptors (Lipinski definition) is 5. The maximum Gasteiger partial charge on any atom is 0.262 e. The van der Waals surface area contributed by atoms with E-state index in [-0.39, 0.29) is 17.9 Å². The van der Waals surface area contributed by atoms with Crippen LogP contribution in [0.4, 0.5) is 5.00 Å². The van der Waals surface area contributed by atoms with E-state index in [1.807, 2.05) is 11.6 Å². The summed E-state index contributed by atoms with van der Waals surface area (Å²) < 4.78 is 1.82. The van der Waals surface area contributed by atoms with E-state index in [1.165, 1.54) is 17.7 Å². The molecule has 0 fully saturated rings. The molecule has 144 valence electrons. The number of carbonyl (C=O) groups excluding carboxylic acids is 2. The number of amides is 2. The van der Waals surface area contributed by atoms with Gasteiger partial charge in [0.15, 0.2) is 0 Å². The van der Waals surface area contributed by atoms with E-state index in [2.05, 4.69) is 20.7 Å². The first-order chi connectivity index (χ1) is 13.5. The van der Waals surface area contributed by atoms with Gasteiger partial charge in [-0.25, -0.2) is 9.67 Å². The maximum atomic E-state index is 12.8. The topological polar surface area (TPSA) is 88.9 Å². The number of aryl methyl sites for hydroxylation is 2. The average molecular weight is 416 g/mol. The SMILES string of the molecule is Cc1cc(NC(=O)c2ccccc2Cl)sc1C(=O)N[C@H]1CCCn2ncnc21. The van der Waals surface area contributed by atoms with Gasteiger partial charge in [0, 0.05) is 6.54 Å². The lowest BCUT2D eigenvalue weighted by Crippen LogP contribution is -2.33. The summed E-state index contributed by atoms with van der Waals surface area (Å²) >= 11 is 7.32. The molecule has 7 nitrogen and oxygen atoms in total. The summed E-state index contributed by atoms with van der Waals surface area (Å²) in [4.78, 5) is 30.1. The molecule has 0 saturated carbocycles. The van der Waals surface area contributed by atoms with Gasteiger partial charge >= 0.3 is 0 Å². The number of nitrogens with one attached hydrogen (secondary N) is 2. The fraction of sp³-hybridized carbons (Fsp3) is 0.263. The van der Waals surface area contributed by atoms with Crippen LogP contribution in [0, 0.1) is 6.92 Å². The number of thiophene rings is 1. The maximum absolute atomic E-state index is 12.8. The highest BCUT2D eigenvalue weighted by Crippen LogP contribution is 2.29. The molecule has 0 saturated heterocycles. The molecule has 0 spiro atoms. The number of halogens is 1. The van der Waals surface area contributed by atoms with E-state index >= 15 is 0 Å². The Balaban J connectivity index is 1.48. The first-order valence-corrected chi connectivity index (χ1v) is 10.1. The summed E-state index contributed by atoms with van der Waals surface area (Å²) in [5, 5.41) is 11.0. The van der Waals surface area contributed by atoms with Crippen LogP contribution in [0.2, 0.25) is 5.02 Å². The Morgan fingerprint density at radius 3 is 2.93 bits per heavy atom. The third-order valence-electron chi connectivity index (χ3n) is 4.60. The van der Waals surface area contributed by atoms with Crippen LogP contribution < -0.4 is 10.6 Å². The minimum absolute atomic E-state index is 0.161. The molecule has 28 heavy (non-hydrogen) atoms. The zero-order chi connectivity index (χ0) is 19.7. The molecule has 0 radical (unpaired) electrons. The molecule has 1 aliphatic heterocycles. The van der Waals surface area contributed by atoms with Crippen LogP contribution in [0.3, 0.4) is 0 Å². The summed E-state index contributed by atoms with van der Waals surface area (Å²) in [6.45, 7) is 2.66. The molecule has 2 amide bonds. The predicted molar refractivity (Wildman–Crippen MR) is 108 cm³/mol. The molecule has 1 aromatic carbocycles. The first-order valence-electron chi connectivity index (χ1n) is 8.88. The van der Waals surface area contributed by atoms with Crippen molar-refractivity contribution in [2.45, 2.75) is 32.4 Å². The number of benzene rings is 1. The summed E-state index contributed by atoms with van der Waals surface area (Å²) in [6.07, 6.45) is 3.27. The Morgan fingerprint density at radius 1 is 1.29 bits per heavy atom. The highest BCUT2D eigenvalue weighted by Gasteiger charge is 2.26. The molecule has 3 heterocycles. The van der Waals surface area contributed by atoms with Crippen LogP contribution in [-0.4, -0.2) is 26.6 Å². The van der Waals surface area contributed by atoms with Crippen molar-refractivity contribution in [2.24, 2.45) is 0 Å². The Hall–Kier alpha value is -2.71. The van der Waals surface area contributed by atoms with Gasteiger partial charge in [0.25, 0.3) is 11.8 Å². The third-order valence-corrected chi connectivity index (χ3v) is 6.09. The van der Waals surface area contributed by atoms with Crippen molar-refractivity contribution in [3.8, 4) is 0 Å². The van der Waals surface area contributed by atoms with Crippen molar-refractivity contribution >= 4 is 39.8 Å². The Kier molecular flexibility index (Phi) is 5.15. The van der Waals surface area contributed by atoms with Gasteiger partial charge in [-0.2, -0.15) is 5.10 Å². The van der Waals surface area contributed by atoms with Crippen molar-refractivity contribution in [3.05, 3.63) is 63.5 Å². The molecule has 2 aromatic heterocycles. The van der Waals surface area contributed by atoms with Crippen molar-refractivity contribution in [1.29, 1.82) is 0 Å². The molecule has 1 aliphatic rings. The van der Waals surface area contributed by atoms with E-state index in [0.29, 0.717) is 20.5 Å². The Morgan fingerprint density at radius 2 is 2.11 bits per heavy atom. The summed E-state index contributed by atoms with van der Waals surface area (Å²) in [5.41, 5.74) is 1.19. The van der Waals surface area contributed by atoms with E-state index < -0.39 is 0 Å². The van der Waals surface area contributed by atoms with Crippen LogP contribution in [0.25, 0.3) is 0 Å². The molecule has 9 heteroatoms. The van der Waals surface area contributed by atoms with Gasteiger partial charge in [-0.1, -0.05) is 23.7 Å². The monoisotopic (exact) mass is 415 g/mol. The lowest BCUT2D eigenvalue weighted by molar-refractivity contribution is 0.0930. The molecule has 4 rings (SSSR count). The number of nitrogens with zero attached hydrogens (tertiary/aromatic N) is 3. The van der Waals surface area contributed by atoms with Gasteiger partial charge in [0.2, 0.25) is 0 Å². The molecule has 2 N–H and O–H groups in total. The molecular formula is C19H18ClN5O2S. The van der Waals surface area contributed by atoms with Crippen LogP contribution in [0.15, 0.2) is 36.7 Å². The third kappa shape index (κ3) is 3.65. The smallest absolute Gasteiger partial charge is 0.262 e. The molecule has 0 unspecified atom stereocenters. The average Bonchev–Trinajstić information content (AvgIpc) is 3.29. The number of hydrogen-bond donors (Lipinski definition) is 2. The van der Waals surface area contributed by atoms with Gasteiger partial charge in [-0.05, 0) is 43.5 Å². The predicted octanol–water partition coefficient (Wildman–Crippen LogP) is 3.82. The fourth-order valence-electron chi connectivity index (χ4n) is 3.24. The second-order valence-corrected chi connectivity index (χ2v) is 8.03. The van der Waals surface area contributed by atoms with Crippen molar-refractivity contribution in [2.75, 3.05) is 5.32 Å². The number of carbonyl (C=O) groups is 2. The largest absolute Gasteiger partial charge is 0.341 e. The summed E-state index contributed by atoms with van der Waals surface area (Å²) in [7, 11) is 0. The highest BCUT2D eigenvalue weighted by atomic mass is 35.5. The first kappa shape index (κ1) is 18.6. The van der Waals surface area contributed by atoms with E-state index in [0.717, 1.165) is 30.8 Å². The molecule has 0 aliphatic carbocycles. The van der Waals surface area contributed by atoms with Gasteiger partial charge in [0.1, 0.15) is 12.2 Å². The van der Waals surface area contributed by atoms with Gasteiger partial charge in [0.05, 0.1) is 26.5 Å². The second kappa shape index (κ2) is 7.73. The zero-order valence-electron chi connectivity index (χ0n) is 15.1. The van der Waals surface area contributed by atoms with Crippen molar-refractivity contribution in [1.82, 2.24) is 20.1 Å². The molecule has 3 aromatic rings. The Labute approximate surface area is 170 Å². The lowest BCUT2D eigenvalue weighted by Gasteiger charge is -2.23. The summed E-state index contributed by atoms with van der Waals surface area (Å²) in [6, 6.07) is 8.47. The normalized spacial score (nSPS) is 15.7. The molecular weight excluding hydrogens is 398 g/mol. The minimum Gasteiger partial charge on any atom is -0.341 e. The zero-order valence-corrected chi connectivity index (χ0v) is 16.7.